The Hall–Kier alpha value is -1.44. The Morgan fingerprint density at radius 1 is 1.07 bits per heavy atom. The number of carbonyl (C=O) groups is 2. The molecule has 0 radical (unpaired) electrons. The number of rotatable bonds is 4. The van der Waals surface area contributed by atoms with Gasteiger partial charge in [-0.2, -0.15) is 0 Å². The van der Waals surface area contributed by atoms with Gasteiger partial charge >= 0.3 is 5.97 Å². The first kappa shape index (κ1) is 27.4. The molecule has 0 aromatic heterocycles. The third-order valence-corrected chi connectivity index (χ3v) is 12.2. The second-order valence-corrected chi connectivity index (χ2v) is 13.7. The molecule has 14 atom stereocenters. The van der Waals surface area contributed by atoms with E-state index in [1.54, 1.807) is 6.92 Å². The van der Waals surface area contributed by atoms with E-state index in [1.807, 2.05) is 0 Å². The van der Waals surface area contributed by atoms with Crippen LogP contribution >= 0.6 is 0 Å². The van der Waals surface area contributed by atoms with Crippen LogP contribution in [0.25, 0.3) is 0 Å². The van der Waals surface area contributed by atoms with E-state index in [-0.39, 0.29) is 36.9 Å². The van der Waals surface area contributed by atoms with Crippen LogP contribution in [-0.4, -0.2) is 105 Å². The van der Waals surface area contributed by atoms with Gasteiger partial charge in [-0.15, -0.1) is 0 Å². The molecule has 0 amide bonds. The number of aliphatic hydroxyl groups excluding tert-OH is 4. The van der Waals surface area contributed by atoms with Crippen LogP contribution in [0.5, 0.6) is 0 Å². The summed E-state index contributed by atoms with van der Waals surface area (Å²) in [5, 5.41) is 54.0. The highest BCUT2D eigenvalue weighted by atomic mass is 16.7. The monoisotopic (exact) mass is 564 g/mol. The zero-order chi connectivity index (χ0) is 28.4. The van der Waals surface area contributed by atoms with Crippen molar-refractivity contribution in [1.29, 1.82) is 0 Å². The molecule has 3 aliphatic heterocycles. The number of cyclic esters (lactones) is 1. The summed E-state index contributed by atoms with van der Waals surface area (Å²) in [5.74, 6) is -1.77. The number of fused-ring (bicyclic) bond motifs is 3. The van der Waals surface area contributed by atoms with Crippen LogP contribution in [0, 0.1) is 28.6 Å². The normalized spacial score (nSPS) is 56.9. The largest absolute Gasteiger partial charge is 0.458 e. The Morgan fingerprint density at radius 3 is 2.55 bits per heavy atom. The molecular formula is C29H40O11. The number of epoxide rings is 1. The fourth-order valence-electron chi connectivity index (χ4n) is 10.1. The van der Waals surface area contributed by atoms with Gasteiger partial charge in [-0.05, 0) is 68.3 Å². The van der Waals surface area contributed by atoms with Crippen LogP contribution in [0.15, 0.2) is 11.6 Å². The highest BCUT2D eigenvalue weighted by Gasteiger charge is 2.88. The van der Waals surface area contributed by atoms with Crippen molar-refractivity contribution in [3.63, 3.8) is 0 Å². The predicted octanol–water partition coefficient (Wildman–Crippen LogP) is -0.261. The smallest absolute Gasteiger partial charge is 0.331 e. The third-order valence-electron chi connectivity index (χ3n) is 12.2. The lowest BCUT2D eigenvalue weighted by Crippen LogP contribution is -2.75. The molecule has 11 heteroatoms. The Labute approximate surface area is 232 Å². The molecule has 0 bridgehead atoms. The summed E-state index contributed by atoms with van der Waals surface area (Å²) in [4.78, 5) is 26.0. The van der Waals surface area contributed by atoms with Gasteiger partial charge in [-0.1, -0.05) is 6.92 Å². The molecule has 0 aromatic carbocycles. The van der Waals surface area contributed by atoms with Gasteiger partial charge in [0.25, 0.3) is 0 Å². The minimum atomic E-state index is -1.48. The Kier molecular flexibility index (Phi) is 6.02. The molecule has 7 aliphatic rings. The van der Waals surface area contributed by atoms with E-state index in [4.69, 9.17) is 18.9 Å². The number of esters is 1. The average Bonchev–Trinajstić information content (AvgIpc) is 3.36. The van der Waals surface area contributed by atoms with Gasteiger partial charge in [-0.3, -0.25) is 4.79 Å². The molecule has 2 unspecified atom stereocenters. The maximum atomic E-state index is 14.1. The van der Waals surface area contributed by atoms with Gasteiger partial charge in [0.05, 0.1) is 30.3 Å². The minimum absolute atomic E-state index is 0.0563. The van der Waals surface area contributed by atoms with Crippen molar-refractivity contribution in [1.82, 2.24) is 0 Å². The average molecular weight is 565 g/mol. The van der Waals surface area contributed by atoms with Crippen molar-refractivity contribution in [2.24, 2.45) is 28.6 Å². The lowest BCUT2D eigenvalue weighted by Gasteiger charge is -2.62. The molecule has 222 valence electrons. The standard InChI is InChI=1S/C29H40O11/c1-26-5-3-15(38-21-10-17(31)22(33)18(11-30)39-21)8-14(26)9-19-29(40-19)24(26)23(34)25(35)27(2)16(4-6-28(27,29)36)13-7-20(32)37-12-13/h7,14-19,21-24,30-31,33-34,36H,3-6,8-12H2,1-2H3/t14-,15-,16+,17+,18+,19+,21-,22-,23+,24+,26-,27-,28?,29?/m0/s1. The van der Waals surface area contributed by atoms with Crippen LogP contribution in [0.1, 0.15) is 58.8 Å². The molecule has 7 rings (SSSR count). The van der Waals surface area contributed by atoms with E-state index in [1.165, 1.54) is 6.08 Å². The van der Waals surface area contributed by atoms with Gasteiger partial charge in [0.2, 0.25) is 0 Å². The zero-order valence-electron chi connectivity index (χ0n) is 22.9. The van der Waals surface area contributed by atoms with Gasteiger partial charge in [0.15, 0.2) is 12.1 Å². The number of carbonyl (C=O) groups excluding carboxylic acids is 2. The molecule has 2 saturated heterocycles. The van der Waals surface area contributed by atoms with Gasteiger partial charge in [0.1, 0.15) is 36.1 Å². The second-order valence-electron chi connectivity index (χ2n) is 13.7. The summed E-state index contributed by atoms with van der Waals surface area (Å²) >= 11 is 0. The first-order valence-electron chi connectivity index (χ1n) is 14.7. The molecule has 6 fully saturated rings. The van der Waals surface area contributed by atoms with E-state index in [0.717, 1.165) is 0 Å². The number of hydrogen-bond donors (Lipinski definition) is 5. The molecule has 3 heterocycles. The summed E-state index contributed by atoms with van der Waals surface area (Å²) < 4.78 is 23.5. The Balaban J connectivity index is 1.14. The molecule has 11 nitrogen and oxygen atoms in total. The van der Waals surface area contributed by atoms with Crippen LogP contribution in [-0.2, 0) is 28.5 Å². The van der Waals surface area contributed by atoms with E-state index in [0.29, 0.717) is 44.1 Å². The topological polar surface area (TPSA) is 176 Å². The van der Waals surface area contributed by atoms with Crippen LogP contribution in [0.2, 0.25) is 0 Å². The van der Waals surface area contributed by atoms with Crippen molar-refractivity contribution >= 4 is 11.8 Å². The minimum Gasteiger partial charge on any atom is -0.458 e. The molecular weight excluding hydrogens is 524 g/mol. The number of ether oxygens (including phenoxy) is 4. The highest BCUT2D eigenvalue weighted by Crippen LogP contribution is 2.76. The first-order chi connectivity index (χ1) is 18.9. The van der Waals surface area contributed by atoms with E-state index >= 15 is 0 Å². The maximum absolute atomic E-state index is 14.1. The second kappa shape index (κ2) is 8.79. The number of ketones is 1. The molecule has 40 heavy (non-hydrogen) atoms. The van der Waals surface area contributed by atoms with E-state index in [2.05, 4.69) is 6.92 Å². The van der Waals surface area contributed by atoms with Crippen LogP contribution < -0.4 is 0 Å². The number of hydrogen-bond acceptors (Lipinski definition) is 11. The van der Waals surface area contributed by atoms with E-state index in [9.17, 15) is 35.1 Å². The molecule has 1 spiro atoms. The highest BCUT2D eigenvalue weighted by molar-refractivity contribution is 5.94. The van der Waals surface area contributed by atoms with Gasteiger partial charge < -0.3 is 44.5 Å². The zero-order valence-corrected chi connectivity index (χ0v) is 22.9. The summed E-state index contributed by atoms with van der Waals surface area (Å²) in [6, 6.07) is 0. The van der Waals surface area contributed by atoms with Crippen LogP contribution in [0.3, 0.4) is 0 Å². The molecule has 0 aromatic rings. The Morgan fingerprint density at radius 2 is 1.85 bits per heavy atom. The van der Waals surface area contributed by atoms with Crippen LogP contribution in [0.4, 0.5) is 0 Å². The van der Waals surface area contributed by atoms with Crippen molar-refractivity contribution < 1.29 is 54.1 Å². The van der Waals surface area contributed by atoms with Crippen molar-refractivity contribution in [3.8, 4) is 0 Å². The maximum Gasteiger partial charge on any atom is 0.331 e. The molecule has 5 N–H and O–H groups in total. The van der Waals surface area contributed by atoms with Crippen molar-refractivity contribution in [2.45, 2.75) is 113 Å². The Bertz CT molecular complexity index is 1140. The lowest BCUT2D eigenvalue weighted by atomic mass is 9.41. The number of Topliss-reactive ketones (excluding diaryl/α,β-unsaturated/α-hetero) is 1. The molecule has 4 saturated carbocycles. The lowest BCUT2D eigenvalue weighted by molar-refractivity contribution is -0.278. The summed E-state index contributed by atoms with van der Waals surface area (Å²) in [6.07, 6.45) is -0.810. The number of aliphatic hydroxyl groups is 5. The first-order valence-corrected chi connectivity index (χ1v) is 14.7. The van der Waals surface area contributed by atoms with Gasteiger partial charge in [0, 0.05) is 18.4 Å². The van der Waals surface area contributed by atoms with Crippen molar-refractivity contribution in [3.05, 3.63) is 11.6 Å². The quantitative estimate of drug-likeness (QED) is 0.173. The summed E-state index contributed by atoms with van der Waals surface area (Å²) in [6.45, 7) is 3.50. The SMILES string of the molecule is C[C@]12CC[C@H](O[C@@H]3C[C@@H](O)[C@H](O)[C@@H](CO)O3)C[C@H]1C[C@H]1OC13[C@@H]2[C@@H](O)C(=O)[C@]1(C)[C@@H](C2=CC(=O)OC2)CCC31O. The molecule has 4 aliphatic carbocycles. The summed E-state index contributed by atoms with van der Waals surface area (Å²) in [7, 11) is 0. The van der Waals surface area contributed by atoms with Crippen molar-refractivity contribution in [2.75, 3.05) is 13.2 Å². The summed E-state index contributed by atoms with van der Waals surface area (Å²) in [5.41, 5.74) is -3.60. The van der Waals surface area contributed by atoms with Gasteiger partial charge in [-0.25, -0.2) is 4.79 Å². The predicted molar refractivity (Wildman–Crippen MR) is 134 cm³/mol. The third kappa shape index (κ3) is 3.29. The van der Waals surface area contributed by atoms with E-state index < -0.39 is 77.1 Å². The fourth-order valence-corrected chi connectivity index (χ4v) is 10.1. The fraction of sp³-hybridized carbons (Fsp3) is 0.862.